The van der Waals surface area contributed by atoms with Gasteiger partial charge in [0.15, 0.2) is 21.3 Å². The molecule has 4 rings (SSSR count). The second kappa shape index (κ2) is 8.39. The third-order valence-corrected chi connectivity index (χ3v) is 7.57. The zero-order chi connectivity index (χ0) is 22.2. The Labute approximate surface area is 182 Å². The van der Waals surface area contributed by atoms with Crippen LogP contribution in [-0.2, 0) is 21.2 Å². The van der Waals surface area contributed by atoms with E-state index in [2.05, 4.69) is 0 Å². The number of anilines is 1. The van der Waals surface area contributed by atoms with Gasteiger partial charge in [0.05, 0.1) is 45.4 Å². The molecule has 2 aliphatic rings. The van der Waals surface area contributed by atoms with Crippen molar-refractivity contribution in [1.29, 1.82) is 0 Å². The van der Waals surface area contributed by atoms with Crippen molar-refractivity contribution in [3.05, 3.63) is 48.0 Å². The van der Waals surface area contributed by atoms with E-state index in [0.29, 0.717) is 29.5 Å². The smallest absolute Gasteiger partial charge is 0.241 e. The minimum atomic E-state index is -3.27. The molecule has 0 aromatic heterocycles. The van der Waals surface area contributed by atoms with Gasteiger partial charge < -0.3 is 19.1 Å². The SMILES string of the molecule is COc1cccc(N2C(=O)CN(Cc3ccc(OC)c(OC)c3)[C@H]3CS(=O)(=O)C[C@H]32)c1. The maximum absolute atomic E-state index is 13.2. The number of carbonyl (C=O) groups is 1. The summed E-state index contributed by atoms with van der Waals surface area (Å²) in [6.07, 6.45) is 0. The molecule has 1 amide bonds. The van der Waals surface area contributed by atoms with Gasteiger partial charge in [0.2, 0.25) is 5.91 Å². The number of nitrogens with zero attached hydrogens (tertiary/aromatic N) is 2. The third kappa shape index (κ3) is 4.20. The maximum atomic E-state index is 13.2. The lowest BCUT2D eigenvalue weighted by Crippen LogP contribution is -2.61. The molecule has 2 aromatic carbocycles. The number of fused-ring (bicyclic) bond motifs is 1. The van der Waals surface area contributed by atoms with Gasteiger partial charge in [-0.15, -0.1) is 0 Å². The topological polar surface area (TPSA) is 85.4 Å². The van der Waals surface area contributed by atoms with Gasteiger partial charge in [-0.05, 0) is 29.8 Å². The number of carbonyl (C=O) groups excluding carboxylic acids is 1. The van der Waals surface area contributed by atoms with Gasteiger partial charge in [0.1, 0.15) is 5.75 Å². The summed E-state index contributed by atoms with van der Waals surface area (Å²) in [5.74, 6) is 1.67. The van der Waals surface area contributed by atoms with E-state index in [1.165, 1.54) is 0 Å². The molecule has 0 saturated carbocycles. The number of ether oxygens (including phenoxy) is 3. The minimum absolute atomic E-state index is 0.0265. The van der Waals surface area contributed by atoms with Gasteiger partial charge in [0, 0.05) is 24.3 Å². The summed E-state index contributed by atoms with van der Waals surface area (Å²) in [5.41, 5.74) is 1.57. The second-order valence-electron chi connectivity index (χ2n) is 7.77. The van der Waals surface area contributed by atoms with E-state index in [1.807, 2.05) is 29.2 Å². The zero-order valence-corrected chi connectivity index (χ0v) is 18.6. The first kappa shape index (κ1) is 21.5. The fraction of sp³-hybridized carbons (Fsp3) is 0.409. The monoisotopic (exact) mass is 446 g/mol. The molecule has 2 aromatic rings. The fourth-order valence-corrected chi connectivity index (χ4v) is 6.42. The molecule has 2 heterocycles. The van der Waals surface area contributed by atoms with E-state index in [4.69, 9.17) is 14.2 Å². The summed E-state index contributed by atoms with van der Waals surface area (Å²) in [6.45, 7) is 0.566. The highest BCUT2D eigenvalue weighted by molar-refractivity contribution is 7.91. The molecule has 31 heavy (non-hydrogen) atoms. The second-order valence-corrected chi connectivity index (χ2v) is 9.92. The van der Waals surface area contributed by atoms with Crippen LogP contribution < -0.4 is 19.1 Å². The first-order chi connectivity index (χ1) is 14.8. The largest absolute Gasteiger partial charge is 0.497 e. The Bertz CT molecular complexity index is 1090. The molecule has 0 aliphatic carbocycles. The van der Waals surface area contributed by atoms with Gasteiger partial charge in [-0.1, -0.05) is 12.1 Å². The summed E-state index contributed by atoms with van der Waals surface area (Å²) < 4.78 is 41.1. The van der Waals surface area contributed by atoms with E-state index in [9.17, 15) is 13.2 Å². The van der Waals surface area contributed by atoms with Crippen LogP contribution in [0.15, 0.2) is 42.5 Å². The van der Waals surface area contributed by atoms with Crippen LogP contribution in [0.5, 0.6) is 17.2 Å². The summed E-state index contributed by atoms with van der Waals surface area (Å²) in [4.78, 5) is 16.8. The zero-order valence-electron chi connectivity index (χ0n) is 17.8. The normalized spacial score (nSPS) is 22.8. The fourth-order valence-electron chi connectivity index (χ4n) is 4.44. The van der Waals surface area contributed by atoms with Gasteiger partial charge in [-0.25, -0.2) is 8.42 Å². The average Bonchev–Trinajstić information content (AvgIpc) is 3.08. The van der Waals surface area contributed by atoms with Crippen LogP contribution in [-0.4, -0.2) is 70.7 Å². The van der Waals surface area contributed by atoms with Gasteiger partial charge in [-0.2, -0.15) is 0 Å². The van der Waals surface area contributed by atoms with Crippen LogP contribution in [0.3, 0.4) is 0 Å². The number of methoxy groups -OCH3 is 3. The Balaban J connectivity index is 1.65. The highest BCUT2D eigenvalue weighted by Gasteiger charge is 2.49. The van der Waals surface area contributed by atoms with E-state index in [1.54, 1.807) is 44.4 Å². The third-order valence-electron chi connectivity index (χ3n) is 5.87. The number of benzene rings is 2. The number of sulfone groups is 1. The van der Waals surface area contributed by atoms with Crippen molar-refractivity contribution in [3.63, 3.8) is 0 Å². The Hall–Kier alpha value is -2.78. The molecule has 166 valence electrons. The van der Waals surface area contributed by atoms with E-state index < -0.39 is 15.9 Å². The molecule has 0 N–H and O–H groups in total. The van der Waals surface area contributed by atoms with Crippen molar-refractivity contribution in [2.24, 2.45) is 0 Å². The Kier molecular flexibility index (Phi) is 5.81. The molecule has 9 heteroatoms. The van der Waals surface area contributed by atoms with Crippen LogP contribution in [0.25, 0.3) is 0 Å². The molecule has 0 spiro atoms. The van der Waals surface area contributed by atoms with Crippen molar-refractivity contribution in [2.45, 2.75) is 18.6 Å². The van der Waals surface area contributed by atoms with Crippen LogP contribution in [0.1, 0.15) is 5.56 Å². The van der Waals surface area contributed by atoms with E-state index in [0.717, 1.165) is 5.56 Å². The number of piperazine rings is 1. The standard InChI is InChI=1S/C22H26N2O6S/c1-28-17-6-4-5-16(10-17)24-19-14-31(26,27)13-18(19)23(12-22(24)25)11-15-7-8-20(29-2)21(9-15)30-3/h4-10,18-19H,11-14H2,1-3H3/t18-,19+/m0/s1. The van der Waals surface area contributed by atoms with Crippen molar-refractivity contribution < 1.29 is 27.4 Å². The molecule has 0 bridgehead atoms. The average molecular weight is 447 g/mol. The number of amides is 1. The first-order valence-corrected chi connectivity index (χ1v) is 11.8. The highest BCUT2D eigenvalue weighted by Crippen LogP contribution is 2.35. The van der Waals surface area contributed by atoms with Crippen LogP contribution >= 0.6 is 0 Å². The minimum Gasteiger partial charge on any atom is -0.497 e. The summed E-state index contributed by atoms with van der Waals surface area (Å²) >= 11 is 0. The van der Waals surface area contributed by atoms with Crippen LogP contribution in [0, 0.1) is 0 Å². The quantitative estimate of drug-likeness (QED) is 0.668. The first-order valence-electron chi connectivity index (χ1n) is 9.96. The van der Waals surface area contributed by atoms with Crippen molar-refractivity contribution in [1.82, 2.24) is 4.90 Å². The van der Waals surface area contributed by atoms with Crippen molar-refractivity contribution in [2.75, 3.05) is 44.3 Å². The van der Waals surface area contributed by atoms with Gasteiger partial charge in [0.25, 0.3) is 0 Å². The molecule has 8 nitrogen and oxygen atoms in total. The van der Waals surface area contributed by atoms with Crippen molar-refractivity contribution in [3.8, 4) is 17.2 Å². The highest BCUT2D eigenvalue weighted by atomic mass is 32.2. The number of hydrogen-bond acceptors (Lipinski definition) is 7. The van der Waals surface area contributed by atoms with Crippen LogP contribution in [0.2, 0.25) is 0 Å². The van der Waals surface area contributed by atoms with Crippen LogP contribution in [0.4, 0.5) is 5.69 Å². The molecule has 0 unspecified atom stereocenters. The molecule has 2 atom stereocenters. The summed E-state index contributed by atoms with van der Waals surface area (Å²) in [6, 6.07) is 12.0. The molecular formula is C22H26N2O6S. The summed E-state index contributed by atoms with van der Waals surface area (Å²) in [7, 11) is 1.43. The summed E-state index contributed by atoms with van der Waals surface area (Å²) in [5, 5.41) is 0. The lowest BCUT2D eigenvalue weighted by molar-refractivity contribution is -0.123. The Morgan fingerprint density at radius 1 is 0.935 bits per heavy atom. The molecule has 2 fully saturated rings. The lowest BCUT2D eigenvalue weighted by Gasteiger charge is -2.43. The van der Waals surface area contributed by atoms with Gasteiger partial charge in [-0.3, -0.25) is 9.69 Å². The molecular weight excluding hydrogens is 420 g/mol. The molecule has 2 aliphatic heterocycles. The Morgan fingerprint density at radius 3 is 2.39 bits per heavy atom. The predicted octanol–water partition coefficient (Wildman–Crippen LogP) is 1.73. The molecule has 2 saturated heterocycles. The molecule has 0 radical (unpaired) electrons. The van der Waals surface area contributed by atoms with E-state index >= 15 is 0 Å². The number of hydrogen-bond donors (Lipinski definition) is 0. The van der Waals surface area contributed by atoms with E-state index in [-0.39, 0.29) is 30.0 Å². The number of rotatable bonds is 6. The Morgan fingerprint density at radius 2 is 1.68 bits per heavy atom. The lowest BCUT2D eigenvalue weighted by atomic mass is 10.0. The van der Waals surface area contributed by atoms with Crippen molar-refractivity contribution >= 4 is 21.4 Å². The predicted molar refractivity (Wildman–Crippen MR) is 117 cm³/mol. The maximum Gasteiger partial charge on any atom is 0.241 e. The van der Waals surface area contributed by atoms with Gasteiger partial charge >= 0.3 is 0 Å².